The molecular weight excluding hydrogens is 249 g/mol. The van der Waals surface area contributed by atoms with Gasteiger partial charge in [-0.05, 0) is 30.7 Å². The second-order valence-corrected chi connectivity index (χ2v) is 4.69. The largest absolute Gasteiger partial charge is 0.508 e. The maximum atomic E-state index is 13.2. The summed E-state index contributed by atoms with van der Waals surface area (Å²) < 4.78 is 22.8. The fraction of sp³-hybridized carbons (Fsp3) is 0.500. The van der Waals surface area contributed by atoms with Crippen molar-refractivity contribution < 1.29 is 18.7 Å². The van der Waals surface area contributed by atoms with Gasteiger partial charge in [-0.15, -0.1) is 0 Å². The second-order valence-electron chi connectivity index (χ2n) is 4.69. The van der Waals surface area contributed by atoms with E-state index >= 15 is 0 Å². The van der Waals surface area contributed by atoms with E-state index in [2.05, 4.69) is 9.64 Å². The molecule has 19 heavy (non-hydrogen) atoms. The van der Waals surface area contributed by atoms with E-state index in [0.29, 0.717) is 5.56 Å². The molecule has 0 aromatic heterocycles. The van der Waals surface area contributed by atoms with Crippen molar-refractivity contribution >= 4 is 11.8 Å². The van der Waals surface area contributed by atoms with Gasteiger partial charge in [0.25, 0.3) is 0 Å². The van der Waals surface area contributed by atoms with Gasteiger partial charge in [0.05, 0.1) is 7.11 Å². The van der Waals surface area contributed by atoms with Gasteiger partial charge in [-0.3, -0.25) is 0 Å². The fourth-order valence-electron chi connectivity index (χ4n) is 2.24. The molecule has 4 nitrogen and oxygen atoms in total. The molecule has 104 valence electrons. The van der Waals surface area contributed by atoms with Crippen LogP contribution in [0.2, 0.25) is 0 Å². The number of piperidine rings is 1. The summed E-state index contributed by atoms with van der Waals surface area (Å²) in [6, 6.07) is 5.11. The zero-order valence-electron chi connectivity index (χ0n) is 11.2. The molecule has 1 fully saturated rings. The van der Waals surface area contributed by atoms with Gasteiger partial charge in [-0.25, -0.2) is 9.18 Å². The van der Waals surface area contributed by atoms with Crippen LogP contribution in [0, 0.1) is 12.7 Å². The number of methoxy groups -OCH3 is 1. The van der Waals surface area contributed by atoms with Crippen molar-refractivity contribution in [1.82, 2.24) is 0 Å². The minimum atomic E-state index is -0.629. The molecule has 0 spiro atoms. The fourth-order valence-corrected chi connectivity index (χ4v) is 2.24. The number of nitrogens with zero attached hydrogens (tertiary/aromatic N) is 1. The molecule has 1 heterocycles. The van der Waals surface area contributed by atoms with E-state index in [0.717, 1.165) is 31.6 Å². The molecule has 0 radical (unpaired) electrons. The zero-order valence-corrected chi connectivity index (χ0v) is 11.2. The Hall–Kier alpha value is -1.78. The average Bonchev–Trinajstić information content (AvgIpc) is 2.42. The monoisotopic (exact) mass is 267 g/mol. The van der Waals surface area contributed by atoms with Crippen LogP contribution in [-0.2, 0) is 9.47 Å². The standard InChI is InChI=1S/C14H18FNO3/c1-10-9-11(3-4-13(10)15)16-7-5-12(6-8-16)19-14(17)18-2/h3-4,9,12H,5-8H2,1-2H3. The minimum absolute atomic E-state index is 0.0924. The van der Waals surface area contributed by atoms with Gasteiger partial charge < -0.3 is 14.4 Å². The van der Waals surface area contributed by atoms with Gasteiger partial charge in [0, 0.05) is 31.6 Å². The van der Waals surface area contributed by atoms with Crippen LogP contribution in [0.1, 0.15) is 18.4 Å². The number of carbonyl (C=O) groups excluding carboxylic acids is 1. The lowest BCUT2D eigenvalue weighted by Crippen LogP contribution is -2.37. The lowest BCUT2D eigenvalue weighted by atomic mass is 10.1. The van der Waals surface area contributed by atoms with E-state index < -0.39 is 6.16 Å². The highest BCUT2D eigenvalue weighted by Crippen LogP contribution is 2.23. The van der Waals surface area contributed by atoms with Gasteiger partial charge in [0.15, 0.2) is 0 Å². The number of ether oxygens (including phenoxy) is 2. The first-order valence-electron chi connectivity index (χ1n) is 6.36. The molecule has 1 saturated heterocycles. The molecule has 1 aromatic rings. The molecule has 0 bridgehead atoms. The molecule has 0 saturated carbocycles. The molecular formula is C14H18FNO3. The van der Waals surface area contributed by atoms with Crippen LogP contribution in [0.3, 0.4) is 0 Å². The lowest BCUT2D eigenvalue weighted by molar-refractivity contribution is 0.0281. The predicted molar refractivity (Wildman–Crippen MR) is 69.9 cm³/mol. The van der Waals surface area contributed by atoms with E-state index in [9.17, 15) is 9.18 Å². The van der Waals surface area contributed by atoms with Crippen LogP contribution in [0.4, 0.5) is 14.9 Å². The van der Waals surface area contributed by atoms with Crippen LogP contribution in [-0.4, -0.2) is 32.5 Å². The molecule has 5 heteroatoms. The Morgan fingerprint density at radius 3 is 2.63 bits per heavy atom. The van der Waals surface area contributed by atoms with Gasteiger partial charge >= 0.3 is 6.16 Å². The Morgan fingerprint density at radius 1 is 1.37 bits per heavy atom. The number of aryl methyl sites for hydroxylation is 1. The highest BCUT2D eigenvalue weighted by Gasteiger charge is 2.23. The minimum Gasteiger partial charge on any atom is -0.438 e. The maximum Gasteiger partial charge on any atom is 0.508 e. The number of hydrogen-bond acceptors (Lipinski definition) is 4. The highest BCUT2D eigenvalue weighted by molar-refractivity contribution is 5.60. The van der Waals surface area contributed by atoms with Crippen LogP contribution in [0.25, 0.3) is 0 Å². The van der Waals surface area contributed by atoms with E-state index in [1.807, 2.05) is 6.07 Å². The Balaban J connectivity index is 1.92. The van der Waals surface area contributed by atoms with Crippen LogP contribution < -0.4 is 4.90 Å². The summed E-state index contributed by atoms with van der Waals surface area (Å²) in [7, 11) is 1.30. The number of benzene rings is 1. The van der Waals surface area contributed by atoms with Crippen molar-refractivity contribution in [2.45, 2.75) is 25.9 Å². The van der Waals surface area contributed by atoms with Crippen molar-refractivity contribution in [1.29, 1.82) is 0 Å². The van der Waals surface area contributed by atoms with E-state index in [4.69, 9.17) is 4.74 Å². The van der Waals surface area contributed by atoms with Gasteiger partial charge in [0.1, 0.15) is 11.9 Å². The highest BCUT2D eigenvalue weighted by atomic mass is 19.1. The number of halogens is 1. The first kappa shape index (κ1) is 13.6. The normalized spacial score (nSPS) is 16.3. The van der Waals surface area contributed by atoms with E-state index in [1.165, 1.54) is 13.2 Å². The topological polar surface area (TPSA) is 38.8 Å². The van der Waals surface area contributed by atoms with Gasteiger partial charge in [-0.2, -0.15) is 0 Å². The molecule has 2 rings (SSSR count). The third-order valence-corrected chi connectivity index (χ3v) is 3.38. The number of anilines is 1. The van der Waals surface area contributed by atoms with E-state index in [-0.39, 0.29) is 11.9 Å². The van der Waals surface area contributed by atoms with Crippen molar-refractivity contribution in [3.8, 4) is 0 Å². The zero-order chi connectivity index (χ0) is 13.8. The summed E-state index contributed by atoms with van der Waals surface area (Å²) in [5.41, 5.74) is 1.65. The summed E-state index contributed by atoms with van der Waals surface area (Å²) in [6.45, 7) is 3.32. The Labute approximate surface area is 112 Å². The molecule has 1 aliphatic heterocycles. The molecule has 0 N–H and O–H groups in total. The second kappa shape index (κ2) is 5.91. The first-order valence-corrected chi connectivity index (χ1v) is 6.36. The Bertz CT molecular complexity index is 456. The molecule has 1 aromatic carbocycles. The number of hydrogen-bond donors (Lipinski definition) is 0. The smallest absolute Gasteiger partial charge is 0.438 e. The lowest BCUT2D eigenvalue weighted by Gasteiger charge is -2.33. The van der Waals surface area contributed by atoms with Gasteiger partial charge in [0.2, 0.25) is 0 Å². The van der Waals surface area contributed by atoms with E-state index in [1.54, 1.807) is 13.0 Å². The SMILES string of the molecule is COC(=O)OC1CCN(c2ccc(F)c(C)c2)CC1. The van der Waals surface area contributed by atoms with Crippen molar-refractivity contribution in [2.75, 3.05) is 25.1 Å². The maximum absolute atomic E-state index is 13.2. The summed E-state index contributed by atoms with van der Waals surface area (Å²) in [5.74, 6) is -0.187. The molecule has 0 amide bonds. The third-order valence-electron chi connectivity index (χ3n) is 3.38. The van der Waals surface area contributed by atoms with Gasteiger partial charge in [-0.1, -0.05) is 0 Å². The third kappa shape index (κ3) is 3.36. The molecule has 0 unspecified atom stereocenters. The van der Waals surface area contributed by atoms with Crippen LogP contribution in [0.5, 0.6) is 0 Å². The van der Waals surface area contributed by atoms with Crippen LogP contribution >= 0.6 is 0 Å². The van der Waals surface area contributed by atoms with Crippen LogP contribution in [0.15, 0.2) is 18.2 Å². The number of carbonyl (C=O) groups is 1. The van der Waals surface area contributed by atoms with Crippen molar-refractivity contribution in [2.24, 2.45) is 0 Å². The molecule has 0 aliphatic carbocycles. The Morgan fingerprint density at radius 2 is 2.05 bits per heavy atom. The molecule has 0 atom stereocenters. The first-order chi connectivity index (χ1) is 9.10. The van der Waals surface area contributed by atoms with Crippen molar-refractivity contribution in [3.05, 3.63) is 29.6 Å². The summed E-state index contributed by atoms with van der Waals surface area (Å²) in [4.78, 5) is 13.2. The number of rotatable bonds is 2. The average molecular weight is 267 g/mol. The predicted octanol–water partition coefficient (Wildman–Crippen LogP) is 2.89. The summed E-state index contributed by atoms with van der Waals surface area (Å²) >= 11 is 0. The molecule has 1 aliphatic rings. The summed E-state index contributed by atoms with van der Waals surface area (Å²) in [6.07, 6.45) is 0.790. The Kier molecular flexibility index (Phi) is 4.24. The quantitative estimate of drug-likeness (QED) is 0.772. The van der Waals surface area contributed by atoms with Crippen molar-refractivity contribution in [3.63, 3.8) is 0 Å². The summed E-state index contributed by atoms with van der Waals surface area (Å²) in [5, 5.41) is 0.